The smallest absolute Gasteiger partial charge is 0.122 e. The van der Waals surface area contributed by atoms with E-state index in [0.29, 0.717) is 0 Å². The van der Waals surface area contributed by atoms with Crippen LogP contribution in [0.2, 0.25) is 0 Å². The van der Waals surface area contributed by atoms with Crippen LogP contribution >= 0.6 is 0 Å². The van der Waals surface area contributed by atoms with Gasteiger partial charge in [0.2, 0.25) is 0 Å². The molecule has 1 aromatic heterocycles. The number of likely N-dealkylation sites (tertiary alicyclic amines) is 1. The van der Waals surface area contributed by atoms with Gasteiger partial charge in [-0.2, -0.15) is 0 Å². The van der Waals surface area contributed by atoms with Crippen molar-refractivity contribution >= 4 is 0 Å². The first-order chi connectivity index (χ1) is 8.72. The first kappa shape index (κ1) is 13.6. The van der Waals surface area contributed by atoms with Gasteiger partial charge >= 0.3 is 0 Å². The van der Waals surface area contributed by atoms with Crippen molar-refractivity contribution in [3.05, 3.63) is 23.7 Å². The average molecular weight is 250 g/mol. The lowest BCUT2D eigenvalue weighted by atomic mass is 10.0. The molecule has 0 bridgehead atoms. The molecule has 102 valence electrons. The molecule has 18 heavy (non-hydrogen) atoms. The Bertz CT molecular complexity index is 359. The van der Waals surface area contributed by atoms with Crippen LogP contribution in [0.4, 0.5) is 0 Å². The molecule has 2 rings (SSSR count). The molecule has 2 heterocycles. The van der Waals surface area contributed by atoms with E-state index in [0.717, 1.165) is 37.4 Å². The van der Waals surface area contributed by atoms with Gasteiger partial charge < -0.3 is 9.73 Å². The lowest BCUT2D eigenvalue weighted by molar-refractivity contribution is 0.197. The average Bonchev–Trinajstić information content (AvgIpc) is 2.96. The molecule has 1 aliphatic heterocycles. The fourth-order valence-corrected chi connectivity index (χ4v) is 2.92. The summed E-state index contributed by atoms with van der Waals surface area (Å²) < 4.78 is 5.58. The molecule has 1 atom stereocenters. The van der Waals surface area contributed by atoms with Crippen LogP contribution in [0.5, 0.6) is 0 Å². The van der Waals surface area contributed by atoms with Crippen molar-refractivity contribution in [1.29, 1.82) is 0 Å². The highest BCUT2D eigenvalue weighted by molar-refractivity contribution is 5.17. The van der Waals surface area contributed by atoms with E-state index < -0.39 is 0 Å². The van der Waals surface area contributed by atoms with Crippen LogP contribution in [-0.2, 0) is 13.1 Å². The number of nitrogens with one attached hydrogen (secondary N) is 1. The van der Waals surface area contributed by atoms with E-state index in [-0.39, 0.29) is 0 Å². The van der Waals surface area contributed by atoms with Gasteiger partial charge in [-0.1, -0.05) is 20.8 Å². The molecular weight excluding hydrogens is 224 g/mol. The van der Waals surface area contributed by atoms with Crippen molar-refractivity contribution in [2.75, 3.05) is 13.1 Å². The second-order valence-corrected chi connectivity index (χ2v) is 5.57. The molecule has 3 heteroatoms. The molecule has 0 saturated carbocycles. The Morgan fingerprint density at radius 2 is 2.33 bits per heavy atom. The van der Waals surface area contributed by atoms with E-state index in [9.17, 15) is 0 Å². The van der Waals surface area contributed by atoms with Gasteiger partial charge in [0.1, 0.15) is 5.76 Å². The Labute approximate surface area is 111 Å². The van der Waals surface area contributed by atoms with Gasteiger partial charge in [0.05, 0.1) is 12.8 Å². The molecule has 3 nitrogen and oxygen atoms in total. The third kappa shape index (κ3) is 3.15. The minimum absolute atomic E-state index is 0.742. The summed E-state index contributed by atoms with van der Waals surface area (Å²) in [4.78, 5) is 2.62. The maximum Gasteiger partial charge on any atom is 0.122 e. The van der Waals surface area contributed by atoms with Crippen LogP contribution < -0.4 is 5.32 Å². The molecule has 1 aromatic rings. The molecule has 0 aliphatic carbocycles. The van der Waals surface area contributed by atoms with E-state index in [2.05, 4.69) is 37.1 Å². The lowest BCUT2D eigenvalue weighted by Crippen LogP contribution is -2.33. The predicted molar refractivity (Wildman–Crippen MR) is 74.4 cm³/mol. The Hall–Kier alpha value is -0.800. The fourth-order valence-electron chi connectivity index (χ4n) is 2.92. The van der Waals surface area contributed by atoms with Crippen molar-refractivity contribution in [3.8, 4) is 0 Å². The lowest BCUT2D eigenvalue weighted by Gasteiger charge is -2.27. The van der Waals surface area contributed by atoms with Crippen molar-refractivity contribution in [2.45, 2.75) is 52.7 Å². The summed E-state index contributed by atoms with van der Waals surface area (Å²) in [6.45, 7) is 10.9. The molecule has 0 spiro atoms. The van der Waals surface area contributed by atoms with Gasteiger partial charge in [-0.05, 0) is 37.9 Å². The monoisotopic (exact) mass is 250 g/mol. The van der Waals surface area contributed by atoms with Crippen LogP contribution in [0.15, 0.2) is 16.7 Å². The maximum atomic E-state index is 5.58. The van der Waals surface area contributed by atoms with Crippen LogP contribution in [-0.4, -0.2) is 24.0 Å². The van der Waals surface area contributed by atoms with Crippen LogP contribution in [0, 0.1) is 5.92 Å². The van der Waals surface area contributed by atoms with Crippen LogP contribution in [0.1, 0.15) is 44.9 Å². The van der Waals surface area contributed by atoms with E-state index in [1.807, 2.05) is 6.26 Å². The molecule has 1 aliphatic rings. The Balaban J connectivity index is 1.98. The van der Waals surface area contributed by atoms with E-state index in [1.54, 1.807) is 0 Å². The Morgan fingerprint density at radius 3 is 3.06 bits per heavy atom. The molecular formula is C15H26N2O. The van der Waals surface area contributed by atoms with Crippen molar-refractivity contribution < 1.29 is 4.42 Å². The Morgan fingerprint density at radius 1 is 1.50 bits per heavy atom. The molecule has 1 unspecified atom stereocenters. The normalized spacial score (nSPS) is 21.0. The summed E-state index contributed by atoms with van der Waals surface area (Å²) in [7, 11) is 0. The summed E-state index contributed by atoms with van der Waals surface area (Å²) in [5.74, 6) is 1.85. The van der Waals surface area contributed by atoms with Crippen molar-refractivity contribution in [2.24, 2.45) is 5.92 Å². The highest BCUT2D eigenvalue weighted by atomic mass is 16.3. The second kappa shape index (κ2) is 6.39. The van der Waals surface area contributed by atoms with Crippen molar-refractivity contribution in [3.63, 3.8) is 0 Å². The Kier molecular flexibility index (Phi) is 4.84. The van der Waals surface area contributed by atoms with Crippen molar-refractivity contribution in [1.82, 2.24) is 10.2 Å². The van der Waals surface area contributed by atoms with Gasteiger partial charge in [-0.25, -0.2) is 0 Å². The highest BCUT2D eigenvalue weighted by Gasteiger charge is 2.27. The standard InChI is InChI=1S/C15H26N2O/c1-4-16-10-15-13(7-9-18-15)11-17-8-5-6-14(17)12(2)3/h7,9,12,14,16H,4-6,8,10-11H2,1-3H3. The third-order valence-corrected chi connectivity index (χ3v) is 3.93. The minimum atomic E-state index is 0.742. The van der Waals surface area contributed by atoms with Gasteiger partial charge in [-0.3, -0.25) is 4.90 Å². The maximum absolute atomic E-state index is 5.58. The molecule has 1 fully saturated rings. The zero-order valence-electron chi connectivity index (χ0n) is 11.9. The summed E-state index contributed by atoms with van der Waals surface area (Å²) >= 11 is 0. The van der Waals surface area contributed by atoms with Gasteiger partial charge in [0.15, 0.2) is 0 Å². The second-order valence-electron chi connectivity index (χ2n) is 5.57. The number of hydrogen-bond acceptors (Lipinski definition) is 3. The quantitative estimate of drug-likeness (QED) is 0.841. The predicted octanol–water partition coefficient (Wildman–Crippen LogP) is 3.01. The first-order valence-electron chi connectivity index (χ1n) is 7.22. The number of rotatable bonds is 6. The van der Waals surface area contributed by atoms with E-state index in [4.69, 9.17) is 4.42 Å². The van der Waals surface area contributed by atoms with Crippen LogP contribution in [0.25, 0.3) is 0 Å². The molecule has 1 N–H and O–H groups in total. The molecule has 0 radical (unpaired) electrons. The molecule has 0 aromatic carbocycles. The number of nitrogens with zero attached hydrogens (tertiary/aromatic N) is 1. The summed E-state index contributed by atoms with van der Waals surface area (Å²) in [6.07, 6.45) is 4.50. The van der Waals surface area contributed by atoms with E-state index >= 15 is 0 Å². The zero-order valence-corrected chi connectivity index (χ0v) is 11.9. The largest absolute Gasteiger partial charge is 0.468 e. The summed E-state index contributed by atoms with van der Waals surface area (Å²) in [5, 5.41) is 3.34. The molecule has 1 saturated heterocycles. The fraction of sp³-hybridized carbons (Fsp3) is 0.733. The van der Waals surface area contributed by atoms with E-state index in [1.165, 1.54) is 24.9 Å². The number of hydrogen-bond donors (Lipinski definition) is 1. The SMILES string of the molecule is CCNCc1occc1CN1CCCC1C(C)C. The van der Waals surface area contributed by atoms with Gasteiger partial charge in [0, 0.05) is 18.2 Å². The summed E-state index contributed by atoms with van der Waals surface area (Å²) in [5.41, 5.74) is 1.35. The number of furan rings is 1. The first-order valence-corrected chi connectivity index (χ1v) is 7.22. The third-order valence-electron chi connectivity index (χ3n) is 3.93. The minimum Gasteiger partial charge on any atom is -0.468 e. The van der Waals surface area contributed by atoms with Crippen LogP contribution in [0.3, 0.4) is 0 Å². The topological polar surface area (TPSA) is 28.4 Å². The summed E-state index contributed by atoms with van der Waals surface area (Å²) in [6, 6.07) is 2.87. The highest BCUT2D eigenvalue weighted by Crippen LogP contribution is 2.26. The zero-order chi connectivity index (χ0) is 13.0. The van der Waals surface area contributed by atoms with Gasteiger partial charge in [0.25, 0.3) is 0 Å². The molecule has 0 amide bonds. The van der Waals surface area contributed by atoms with Gasteiger partial charge in [-0.15, -0.1) is 0 Å².